The predicted molar refractivity (Wildman–Crippen MR) is 111 cm³/mol. The number of carbonyl (C=O) groups is 1. The Bertz CT molecular complexity index is 1180. The van der Waals surface area contributed by atoms with Crippen molar-refractivity contribution in [1.29, 1.82) is 0 Å². The van der Waals surface area contributed by atoms with Crippen molar-refractivity contribution in [2.45, 2.75) is 23.5 Å². The molecule has 0 bridgehead atoms. The molecule has 1 unspecified atom stereocenters. The number of amides is 1. The summed E-state index contributed by atoms with van der Waals surface area (Å²) in [5.41, 5.74) is -0.976. The Hall–Kier alpha value is -3.24. The normalized spacial score (nSPS) is 12.9. The third kappa shape index (κ3) is 5.92. The Morgan fingerprint density at radius 3 is 2.09 bits per heavy atom. The third-order valence-electron chi connectivity index (χ3n) is 4.51. The summed E-state index contributed by atoms with van der Waals surface area (Å²) in [6.45, 7) is 0. The highest BCUT2D eigenvalue weighted by Crippen LogP contribution is 2.34. The Morgan fingerprint density at radius 2 is 1.47 bits per heavy atom. The number of alkyl halides is 3. The van der Waals surface area contributed by atoms with Crippen LogP contribution in [0.1, 0.15) is 11.1 Å². The number of halogens is 4. The average Bonchev–Trinajstić information content (AvgIpc) is 2.74. The van der Waals surface area contributed by atoms with Gasteiger partial charge >= 0.3 is 6.18 Å². The highest BCUT2D eigenvalue weighted by molar-refractivity contribution is 7.89. The lowest BCUT2D eigenvalue weighted by Gasteiger charge is -2.20. The molecule has 0 saturated heterocycles. The molecule has 0 spiro atoms. The molecule has 0 heterocycles. The van der Waals surface area contributed by atoms with Crippen LogP contribution in [0.2, 0.25) is 0 Å². The number of rotatable bonds is 7. The molecule has 1 atom stereocenters. The summed E-state index contributed by atoms with van der Waals surface area (Å²) in [7, 11) is -4.27. The van der Waals surface area contributed by atoms with Gasteiger partial charge in [-0.2, -0.15) is 17.9 Å². The topological polar surface area (TPSA) is 75.3 Å². The fourth-order valence-electron chi connectivity index (χ4n) is 2.97. The van der Waals surface area contributed by atoms with Crippen molar-refractivity contribution in [3.8, 4) is 0 Å². The molecule has 0 saturated carbocycles. The van der Waals surface area contributed by atoms with E-state index in [-0.39, 0.29) is 11.3 Å². The minimum atomic E-state index is -4.72. The van der Waals surface area contributed by atoms with Crippen molar-refractivity contribution < 1.29 is 30.8 Å². The van der Waals surface area contributed by atoms with Crippen LogP contribution in [0.3, 0.4) is 0 Å². The molecular weight excluding hydrogens is 448 g/mol. The molecule has 168 valence electrons. The van der Waals surface area contributed by atoms with Gasteiger partial charge in [0.05, 0.1) is 16.1 Å². The van der Waals surface area contributed by atoms with Crippen molar-refractivity contribution in [1.82, 2.24) is 4.72 Å². The minimum Gasteiger partial charge on any atom is -0.324 e. The number of sulfonamides is 1. The van der Waals surface area contributed by atoms with Crippen LogP contribution >= 0.6 is 0 Å². The zero-order valence-electron chi connectivity index (χ0n) is 16.4. The second-order valence-electron chi connectivity index (χ2n) is 6.85. The summed E-state index contributed by atoms with van der Waals surface area (Å²) < 4.78 is 80.7. The molecule has 5 nitrogen and oxygen atoms in total. The number of hydrogen-bond donors (Lipinski definition) is 2. The smallest absolute Gasteiger partial charge is 0.324 e. The monoisotopic (exact) mass is 466 g/mol. The molecule has 3 aromatic carbocycles. The van der Waals surface area contributed by atoms with Gasteiger partial charge in [-0.15, -0.1) is 0 Å². The molecule has 0 fully saturated rings. The van der Waals surface area contributed by atoms with Crippen molar-refractivity contribution in [3.05, 3.63) is 95.8 Å². The van der Waals surface area contributed by atoms with E-state index in [1.807, 2.05) is 0 Å². The zero-order valence-corrected chi connectivity index (χ0v) is 17.3. The van der Waals surface area contributed by atoms with Crippen LogP contribution < -0.4 is 10.0 Å². The zero-order chi connectivity index (χ0) is 23.4. The van der Waals surface area contributed by atoms with Crippen molar-refractivity contribution in [3.63, 3.8) is 0 Å². The molecule has 1 amide bonds. The Balaban J connectivity index is 1.91. The van der Waals surface area contributed by atoms with Crippen LogP contribution in [0, 0.1) is 5.82 Å². The van der Waals surface area contributed by atoms with Crippen LogP contribution in [0.15, 0.2) is 83.8 Å². The number of benzene rings is 3. The lowest BCUT2D eigenvalue weighted by molar-refractivity contribution is -0.137. The first-order valence-corrected chi connectivity index (χ1v) is 10.8. The molecule has 3 aromatic rings. The van der Waals surface area contributed by atoms with E-state index < -0.39 is 45.2 Å². The summed E-state index contributed by atoms with van der Waals surface area (Å²) in [4.78, 5) is 12.6. The van der Waals surface area contributed by atoms with E-state index in [0.717, 1.165) is 36.4 Å². The molecule has 0 aliphatic carbocycles. The number of carbonyl (C=O) groups excluding carboxylic acids is 1. The summed E-state index contributed by atoms with van der Waals surface area (Å²) in [5, 5.41) is 2.17. The van der Waals surface area contributed by atoms with E-state index in [2.05, 4.69) is 10.0 Å². The molecule has 32 heavy (non-hydrogen) atoms. The maximum absolute atomic E-state index is 13.3. The number of hydrogen-bond acceptors (Lipinski definition) is 3. The van der Waals surface area contributed by atoms with Gasteiger partial charge in [0.25, 0.3) is 0 Å². The molecule has 3 rings (SSSR count). The van der Waals surface area contributed by atoms with Crippen LogP contribution in [0.5, 0.6) is 0 Å². The fourth-order valence-corrected chi connectivity index (χ4v) is 4.16. The lowest BCUT2D eigenvalue weighted by atomic mass is 10.1. The van der Waals surface area contributed by atoms with Crippen LogP contribution in [-0.4, -0.2) is 20.4 Å². The summed E-state index contributed by atoms with van der Waals surface area (Å²) in [5.74, 6) is -1.62. The first kappa shape index (κ1) is 23.4. The van der Waals surface area contributed by atoms with E-state index in [1.54, 1.807) is 30.3 Å². The molecule has 0 aromatic heterocycles. The first-order valence-electron chi connectivity index (χ1n) is 9.35. The molecule has 0 radical (unpaired) electrons. The second kappa shape index (κ2) is 9.49. The predicted octanol–water partition coefficient (Wildman–Crippen LogP) is 4.37. The van der Waals surface area contributed by atoms with E-state index in [1.165, 1.54) is 12.1 Å². The van der Waals surface area contributed by atoms with E-state index in [4.69, 9.17) is 0 Å². The van der Waals surface area contributed by atoms with Gasteiger partial charge in [-0.3, -0.25) is 4.79 Å². The highest BCUT2D eigenvalue weighted by atomic mass is 32.2. The van der Waals surface area contributed by atoms with Gasteiger partial charge < -0.3 is 5.32 Å². The van der Waals surface area contributed by atoms with Crippen LogP contribution in [-0.2, 0) is 27.4 Å². The average molecular weight is 466 g/mol. The maximum Gasteiger partial charge on any atom is 0.418 e. The standard InChI is InChI=1S/C22H18F4N2O3S/c23-16-10-12-17(13-11-16)32(30,31)28-20(14-15-6-2-1-3-7-15)21(29)27-19-9-5-4-8-18(19)22(24,25)26/h1-13,20,28H,14H2,(H,27,29). The van der Waals surface area contributed by atoms with Gasteiger partial charge in [0, 0.05) is 0 Å². The number of para-hydroxylation sites is 1. The Morgan fingerprint density at radius 1 is 0.875 bits per heavy atom. The van der Waals surface area contributed by atoms with Gasteiger partial charge in [0.15, 0.2) is 0 Å². The molecule has 10 heteroatoms. The van der Waals surface area contributed by atoms with Gasteiger partial charge in [-0.25, -0.2) is 12.8 Å². The highest BCUT2D eigenvalue weighted by Gasteiger charge is 2.34. The van der Waals surface area contributed by atoms with Crippen molar-refractivity contribution >= 4 is 21.6 Å². The van der Waals surface area contributed by atoms with Gasteiger partial charge in [-0.1, -0.05) is 42.5 Å². The fraction of sp³-hybridized carbons (Fsp3) is 0.136. The molecule has 2 N–H and O–H groups in total. The Labute approximate surface area is 182 Å². The van der Waals surface area contributed by atoms with E-state index in [0.29, 0.717) is 5.56 Å². The summed E-state index contributed by atoms with van der Waals surface area (Å²) in [6, 6.07) is 15.3. The van der Waals surface area contributed by atoms with Gasteiger partial charge in [0.1, 0.15) is 11.9 Å². The third-order valence-corrected chi connectivity index (χ3v) is 6.00. The first-order chi connectivity index (χ1) is 15.1. The van der Waals surface area contributed by atoms with E-state index in [9.17, 15) is 30.8 Å². The lowest BCUT2D eigenvalue weighted by Crippen LogP contribution is -2.45. The SMILES string of the molecule is O=C(Nc1ccccc1C(F)(F)F)C(Cc1ccccc1)NS(=O)(=O)c1ccc(F)cc1. The summed E-state index contributed by atoms with van der Waals surface area (Å²) >= 11 is 0. The minimum absolute atomic E-state index is 0.124. The summed E-state index contributed by atoms with van der Waals surface area (Å²) in [6.07, 6.45) is -4.84. The van der Waals surface area contributed by atoms with Gasteiger partial charge in [-0.05, 0) is 48.4 Å². The number of nitrogens with one attached hydrogen (secondary N) is 2. The Kier molecular flexibility index (Phi) is 6.95. The van der Waals surface area contributed by atoms with Crippen molar-refractivity contribution in [2.24, 2.45) is 0 Å². The second-order valence-corrected chi connectivity index (χ2v) is 8.56. The van der Waals surface area contributed by atoms with Crippen LogP contribution in [0.4, 0.5) is 23.2 Å². The van der Waals surface area contributed by atoms with E-state index >= 15 is 0 Å². The maximum atomic E-state index is 13.3. The molecule has 0 aliphatic rings. The van der Waals surface area contributed by atoms with Gasteiger partial charge in [0.2, 0.25) is 15.9 Å². The van der Waals surface area contributed by atoms with Crippen LogP contribution in [0.25, 0.3) is 0 Å². The molecular formula is C22H18F4N2O3S. The molecule has 0 aliphatic heterocycles. The largest absolute Gasteiger partial charge is 0.418 e. The van der Waals surface area contributed by atoms with Crippen molar-refractivity contribution in [2.75, 3.05) is 5.32 Å². The number of anilines is 1. The quantitative estimate of drug-likeness (QED) is 0.508.